The molecule has 0 atom stereocenters. The van der Waals surface area contributed by atoms with Crippen molar-refractivity contribution >= 4 is 29.0 Å². The molecule has 1 amide bonds. The number of piperidine rings is 1. The molecule has 0 radical (unpaired) electrons. The van der Waals surface area contributed by atoms with Gasteiger partial charge in [-0.15, -0.1) is 0 Å². The van der Waals surface area contributed by atoms with E-state index in [4.69, 9.17) is 5.84 Å². The second-order valence-corrected chi connectivity index (χ2v) is 7.26. The van der Waals surface area contributed by atoms with Gasteiger partial charge in [0.2, 0.25) is 5.95 Å². The van der Waals surface area contributed by atoms with Crippen LogP contribution >= 0.6 is 0 Å². The molecule has 2 aromatic carbocycles. The average molecular weight is 421 g/mol. The molecule has 0 aliphatic carbocycles. The number of nitrogens with two attached hydrogens (primary N) is 1. The van der Waals surface area contributed by atoms with Crippen molar-refractivity contribution in [2.75, 3.05) is 28.7 Å². The van der Waals surface area contributed by atoms with Crippen LogP contribution in [0.3, 0.4) is 0 Å². The minimum Gasteiger partial charge on any atom is -0.372 e. The maximum absolute atomic E-state index is 14.2. The second kappa shape index (κ2) is 9.40. The van der Waals surface area contributed by atoms with Crippen molar-refractivity contribution < 1.29 is 9.18 Å². The zero-order valence-corrected chi connectivity index (χ0v) is 17.0. The Hall–Kier alpha value is -3.72. The number of nitrogens with one attached hydrogen (secondary N) is 2. The van der Waals surface area contributed by atoms with Crippen LogP contribution in [0.5, 0.6) is 0 Å². The van der Waals surface area contributed by atoms with Gasteiger partial charge in [0.1, 0.15) is 0 Å². The molecule has 0 saturated carbocycles. The van der Waals surface area contributed by atoms with E-state index in [-0.39, 0.29) is 11.8 Å². The largest absolute Gasteiger partial charge is 0.372 e. The molecule has 1 aliphatic rings. The topological polar surface area (TPSA) is 99.4 Å². The molecule has 4 rings (SSSR count). The van der Waals surface area contributed by atoms with Gasteiger partial charge in [0.15, 0.2) is 11.6 Å². The molecule has 4 N–H and O–H groups in total. The molecule has 0 spiro atoms. The van der Waals surface area contributed by atoms with E-state index in [0.29, 0.717) is 10.7 Å². The number of aromatic nitrogens is 2. The van der Waals surface area contributed by atoms with Crippen molar-refractivity contribution in [1.82, 2.24) is 15.1 Å². The number of hydrogen-bond donors (Lipinski definition) is 3. The predicted octanol–water partition coefficient (Wildman–Crippen LogP) is 3.69. The number of carbonyl (C=O) groups excluding carboxylic acids is 1. The lowest BCUT2D eigenvalue weighted by molar-refractivity contribution is 0.0792. The van der Waals surface area contributed by atoms with Gasteiger partial charge in [0.25, 0.3) is 5.91 Å². The number of hydrogen-bond acceptors (Lipinski definition) is 7. The third-order valence-corrected chi connectivity index (χ3v) is 5.05. The number of nitrogens with zero attached hydrogens (tertiary/aromatic N) is 4. The lowest BCUT2D eigenvalue weighted by atomic mass is 10.1. The number of benzene rings is 2. The summed E-state index contributed by atoms with van der Waals surface area (Å²) in [6, 6.07) is 16.4. The third kappa shape index (κ3) is 5.07. The Morgan fingerprint density at radius 1 is 1.03 bits per heavy atom. The molecular weight excluding hydrogens is 397 g/mol. The molecule has 31 heavy (non-hydrogen) atoms. The van der Waals surface area contributed by atoms with Crippen molar-refractivity contribution in [2.24, 2.45) is 5.84 Å². The lowest BCUT2D eigenvalue weighted by Gasteiger charge is -2.28. The minimum atomic E-state index is -0.734. The van der Waals surface area contributed by atoms with Crippen LogP contribution in [0.15, 0.2) is 60.8 Å². The van der Waals surface area contributed by atoms with E-state index in [1.165, 1.54) is 24.9 Å². The lowest BCUT2D eigenvalue weighted by Crippen LogP contribution is -2.42. The van der Waals surface area contributed by atoms with Crippen LogP contribution in [0.4, 0.5) is 27.5 Å². The first-order valence-electron chi connectivity index (χ1n) is 10.2. The Balaban J connectivity index is 1.43. The van der Waals surface area contributed by atoms with Crippen LogP contribution in [0.1, 0.15) is 29.6 Å². The molecule has 1 aliphatic heterocycles. The van der Waals surface area contributed by atoms with Gasteiger partial charge in [-0.3, -0.25) is 10.2 Å². The van der Waals surface area contributed by atoms with Crippen molar-refractivity contribution in [1.29, 1.82) is 0 Å². The molecule has 3 aromatic rings. The van der Waals surface area contributed by atoms with Gasteiger partial charge < -0.3 is 10.2 Å². The van der Waals surface area contributed by atoms with Gasteiger partial charge in [-0.1, -0.05) is 18.2 Å². The zero-order chi connectivity index (χ0) is 21.6. The van der Waals surface area contributed by atoms with Crippen LogP contribution < -0.4 is 21.5 Å². The van der Waals surface area contributed by atoms with Crippen LogP contribution in [0.2, 0.25) is 0 Å². The summed E-state index contributed by atoms with van der Waals surface area (Å²) in [6.07, 6.45) is 4.72. The Morgan fingerprint density at radius 2 is 1.74 bits per heavy atom. The number of amides is 1. The highest BCUT2D eigenvalue weighted by molar-refractivity contribution is 5.94. The summed E-state index contributed by atoms with van der Waals surface area (Å²) in [5.74, 6) is 4.46. The molecule has 0 bridgehead atoms. The molecule has 9 heteroatoms. The fraction of sp³-hybridized carbons (Fsp3) is 0.227. The zero-order valence-electron chi connectivity index (χ0n) is 17.0. The summed E-state index contributed by atoms with van der Waals surface area (Å²) in [5, 5.41) is 3.74. The Morgan fingerprint density at radius 3 is 2.45 bits per heavy atom. The summed E-state index contributed by atoms with van der Waals surface area (Å²) in [4.78, 5) is 22.8. The predicted molar refractivity (Wildman–Crippen MR) is 118 cm³/mol. The molecular formula is C22H24FN7O. The number of rotatable bonds is 6. The second-order valence-electron chi connectivity index (χ2n) is 7.26. The highest BCUT2D eigenvalue weighted by Gasteiger charge is 2.16. The fourth-order valence-electron chi connectivity index (χ4n) is 3.43. The van der Waals surface area contributed by atoms with Crippen LogP contribution in [0.25, 0.3) is 0 Å². The normalized spacial score (nSPS) is 13.5. The van der Waals surface area contributed by atoms with E-state index in [1.54, 1.807) is 30.3 Å². The third-order valence-electron chi connectivity index (χ3n) is 5.05. The Labute approximate surface area is 179 Å². The summed E-state index contributed by atoms with van der Waals surface area (Å²) in [7, 11) is 0. The van der Waals surface area contributed by atoms with Gasteiger partial charge in [-0.2, -0.15) is 10.1 Å². The number of halogens is 1. The first-order valence-corrected chi connectivity index (χ1v) is 10.2. The Kier molecular flexibility index (Phi) is 6.23. The average Bonchev–Trinajstić information content (AvgIpc) is 2.82. The van der Waals surface area contributed by atoms with E-state index in [0.717, 1.165) is 25.0 Å². The van der Waals surface area contributed by atoms with Gasteiger partial charge in [-0.05, 0) is 55.7 Å². The fourth-order valence-corrected chi connectivity index (χ4v) is 3.43. The van der Waals surface area contributed by atoms with Gasteiger partial charge in [0.05, 0.1) is 6.20 Å². The molecule has 1 fully saturated rings. The molecule has 0 unspecified atom stereocenters. The standard InChI is InChI=1S/C22H24FN7O/c23-19-15-25-22(26-17-9-11-18(12-10-17)29-13-5-2-6-14-29)27-20(19)28-30(24)21(31)16-7-3-1-4-8-16/h1,3-4,7-12,15H,2,5-6,13-14,24H2,(H2,25,26,27,28). The maximum atomic E-state index is 14.2. The van der Waals surface area contributed by atoms with E-state index in [2.05, 4.69) is 25.6 Å². The summed E-state index contributed by atoms with van der Waals surface area (Å²) in [5.41, 5.74) is 4.77. The van der Waals surface area contributed by atoms with Crippen molar-refractivity contribution in [3.63, 3.8) is 0 Å². The van der Waals surface area contributed by atoms with E-state index in [9.17, 15) is 9.18 Å². The van der Waals surface area contributed by atoms with E-state index in [1.807, 2.05) is 24.3 Å². The van der Waals surface area contributed by atoms with Gasteiger partial charge >= 0.3 is 0 Å². The number of carbonyl (C=O) groups is 1. The summed E-state index contributed by atoms with van der Waals surface area (Å²) < 4.78 is 14.2. The highest BCUT2D eigenvalue weighted by atomic mass is 19.1. The van der Waals surface area contributed by atoms with Gasteiger partial charge in [0, 0.05) is 30.0 Å². The first-order chi connectivity index (χ1) is 15.1. The monoisotopic (exact) mass is 421 g/mol. The number of anilines is 4. The van der Waals surface area contributed by atoms with Crippen LogP contribution in [0, 0.1) is 5.82 Å². The van der Waals surface area contributed by atoms with Crippen LogP contribution in [-0.4, -0.2) is 34.1 Å². The summed E-state index contributed by atoms with van der Waals surface area (Å²) >= 11 is 0. The smallest absolute Gasteiger partial charge is 0.287 e. The molecule has 2 heterocycles. The molecule has 160 valence electrons. The van der Waals surface area contributed by atoms with Crippen molar-refractivity contribution in [2.45, 2.75) is 19.3 Å². The Bertz CT molecular complexity index is 1020. The first kappa shape index (κ1) is 20.5. The van der Waals surface area contributed by atoms with Crippen molar-refractivity contribution in [3.8, 4) is 0 Å². The minimum absolute atomic E-state index is 0.176. The van der Waals surface area contributed by atoms with E-state index >= 15 is 0 Å². The molecule has 8 nitrogen and oxygen atoms in total. The molecule has 1 aromatic heterocycles. The van der Waals surface area contributed by atoms with Gasteiger partial charge in [-0.25, -0.2) is 15.2 Å². The molecule has 1 saturated heterocycles. The SMILES string of the molecule is NN(Nc1nc(Nc2ccc(N3CCCCC3)cc2)ncc1F)C(=O)c1ccccc1. The van der Waals surface area contributed by atoms with Crippen LogP contribution in [-0.2, 0) is 0 Å². The van der Waals surface area contributed by atoms with Crippen molar-refractivity contribution in [3.05, 3.63) is 72.2 Å². The summed E-state index contributed by atoms with van der Waals surface area (Å²) in [6.45, 7) is 2.14. The quantitative estimate of drug-likeness (QED) is 0.317. The number of hydrazine groups is 2. The van der Waals surface area contributed by atoms with E-state index < -0.39 is 11.7 Å². The highest BCUT2D eigenvalue weighted by Crippen LogP contribution is 2.23. The maximum Gasteiger partial charge on any atom is 0.287 e.